The van der Waals surface area contributed by atoms with Crippen LogP contribution in [0.5, 0.6) is 0 Å². The van der Waals surface area contributed by atoms with Crippen molar-refractivity contribution in [2.45, 2.75) is 19.3 Å². The highest BCUT2D eigenvalue weighted by Crippen LogP contribution is 2.28. The van der Waals surface area contributed by atoms with Crippen molar-refractivity contribution < 1.29 is 23.1 Å². The van der Waals surface area contributed by atoms with Gasteiger partial charge in [-0.15, -0.1) is 0 Å². The summed E-state index contributed by atoms with van der Waals surface area (Å²) in [5.41, 5.74) is 0. The molecular formula is C10H19N3O5S. The predicted octanol–water partition coefficient (Wildman–Crippen LogP) is -1.25. The second kappa shape index (κ2) is 6.83. The quantitative estimate of drug-likeness (QED) is 0.460. The van der Waals surface area contributed by atoms with Gasteiger partial charge < -0.3 is 10.4 Å². The molecule has 1 amide bonds. The first-order valence-corrected chi connectivity index (χ1v) is 7.47. The van der Waals surface area contributed by atoms with Gasteiger partial charge in [0.25, 0.3) is 10.2 Å². The SMILES string of the molecule is CN(CCC(=O)O)S(=O)(=O)NCCNC(=O)C1CC1. The maximum atomic E-state index is 11.6. The molecule has 3 N–H and O–H groups in total. The number of nitrogens with zero attached hydrogens (tertiary/aromatic N) is 1. The van der Waals surface area contributed by atoms with Crippen LogP contribution in [0.3, 0.4) is 0 Å². The molecular weight excluding hydrogens is 274 g/mol. The summed E-state index contributed by atoms with van der Waals surface area (Å²) < 4.78 is 26.5. The number of carboxylic acid groups (broad SMARTS) is 1. The minimum Gasteiger partial charge on any atom is -0.481 e. The molecule has 8 nitrogen and oxygen atoms in total. The monoisotopic (exact) mass is 293 g/mol. The Morgan fingerprint density at radius 2 is 1.95 bits per heavy atom. The Bertz CT molecular complexity index is 432. The second-order valence-corrected chi connectivity index (χ2v) is 6.29. The number of hydrogen-bond donors (Lipinski definition) is 3. The largest absolute Gasteiger partial charge is 0.481 e. The summed E-state index contributed by atoms with van der Waals surface area (Å²) in [7, 11) is -2.39. The molecule has 1 fully saturated rings. The third-order valence-electron chi connectivity index (χ3n) is 2.71. The standard InChI is InChI=1S/C10H19N3O5S/c1-13(7-4-9(14)15)19(17,18)12-6-5-11-10(16)8-2-3-8/h8,12H,2-7H2,1H3,(H,11,16)(H,14,15). The van der Waals surface area contributed by atoms with Crippen LogP contribution in [-0.4, -0.2) is 56.4 Å². The molecule has 0 atom stereocenters. The fourth-order valence-corrected chi connectivity index (χ4v) is 2.25. The van der Waals surface area contributed by atoms with Gasteiger partial charge in [0.05, 0.1) is 6.42 Å². The van der Waals surface area contributed by atoms with Crippen molar-refractivity contribution in [1.82, 2.24) is 14.3 Å². The Hall–Kier alpha value is -1.19. The highest BCUT2D eigenvalue weighted by Gasteiger charge is 2.29. The van der Waals surface area contributed by atoms with E-state index in [2.05, 4.69) is 10.0 Å². The van der Waals surface area contributed by atoms with Gasteiger partial charge in [-0.2, -0.15) is 12.7 Å². The fourth-order valence-electron chi connectivity index (χ4n) is 1.34. The number of carboxylic acids is 1. The topological polar surface area (TPSA) is 116 Å². The lowest BCUT2D eigenvalue weighted by atomic mass is 10.4. The molecule has 1 aliphatic rings. The molecule has 0 heterocycles. The lowest BCUT2D eigenvalue weighted by Crippen LogP contribution is -2.42. The van der Waals surface area contributed by atoms with Crippen LogP contribution in [0.25, 0.3) is 0 Å². The van der Waals surface area contributed by atoms with Gasteiger partial charge in [-0.3, -0.25) is 9.59 Å². The van der Waals surface area contributed by atoms with Crippen molar-refractivity contribution in [1.29, 1.82) is 0 Å². The molecule has 1 saturated carbocycles. The predicted molar refractivity (Wildman–Crippen MR) is 67.5 cm³/mol. The van der Waals surface area contributed by atoms with Crippen molar-refractivity contribution in [3.05, 3.63) is 0 Å². The summed E-state index contributed by atoms with van der Waals surface area (Å²) >= 11 is 0. The van der Waals surface area contributed by atoms with Crippen LogP contribution in [0.1, 0.15) is 19.3 Å². The van der Waals surface area contributed by atoms with E-state index in [9.17, 15) is 18.0 Å². The Balaban J connectivity index is 2.21. The van der Waals surface area contributed by atoms with E-state index >= 15 is 0 Å². The van der Waals surface area contributed by atoms with Gasteiger partial charge >= 0.3 is 5.97 Å². The summed E-state index contributed by atoms with van der Waals surface area (Å²) in [6.45, 7) is 0.207. The van der Waals surface area contributed by atoms with E-state index in [1.165, 1.54) is 7.05 Å². The Morgan fingerprint density at radius 3 is 2.47 bits per heavy atom. The van der Waals surface area contributed by atoms with Crippen LogP contribution < -0.4 is 10.0 Å². The molecule has 9 heteroatoms. The summed E-state index contributed by atoms with van der Waals surface area (Å²) in [4.78, 5) is 21.6. The van der Waals surface area contributed by atoms with Crippen molar-refractivity contribution in [3.63, 3.8) is 0 Å². The molecule has 0 aromatic heterocycles. The number of rotatable bonds is 9. The van der Waals surface area contributed by atoms with Gasteiger partial charge in [-0.25, -0.2) is 4.72 Å². The van der Waals surface area contributed by atoms with E-state index < -0.39 is 16.2 Å². The van der Waals surface area contributed by atoms with Crippen LogP contribution in [-0.2, 0) is 19.8 Å². The Morgan fingerprint density at radius 1 is 1.32 bits per heavy atom. The van der Waals surface area contributed by atoms with Crippen molar-refractivity contribution in [2.75, 3.05) is 26.7 Å². The zero-order chi connectivity index (χ0) is 14.5. The van der Waals surface area contributed by atoms with Gasteiger partial charge in [-0.1, -0.05) is 0 Å². The van der Waals surface area contributed by atoms with E-state index in [1.807, 2.05) is 0 Å². The maximum absolute atomic E-state index is 11.6. The molecule has 0 spiro atoms. The summed E-state index contributed by atoms with van der Waals surface area (Å²) in [5.74, 6) is -1.01. The van der Waals surface area contributed by atoms with E-state index in [-0.39, 0.29) is 37.9 Å². The van der Waals surface area contributed by atoms with Crippen LogP contribution >= 0.6 is 0 Å². The minimum absolute atomic E-state index is 0.0431. The Kier molecular flexibility index (Phi) is 5.70. The van der Waals surface area contributed by atoms with Crippen molar-refractivity contribution in [3.8, 4) is 0 Å². The molecule has 0 radical (unpaired) electrons. The molecule has 0 bridgehead atoms. The molecule has 110 valence electrons. The summed E-state index contributed by atoms with van der Waals surface area (Å²) in [6, 6.07) is 0. The first kappa shape index (κ1) is 15.9. The normalized spacial score (nSPS) is 15.5. The fraction of sp³-hybridized carbons (Fsp3) is 0.800. The highest BCUT2D eigenvalue weighted by molar-refractivity contribution is 7.87. The smallest absolute Gasteiger partial charge is 0.304 e. The van der Waals surface area contributed by atoms with Crippen molar-refractivity contribution >= 4 is 22.1 Å². The zero-order valence-corrected chi connectivity index (χ0v) is 11.6. The minimum atomic E-state index is -3.69. The molecule has 0 aromatic rings. The first-order valence-electron chi connectivity index (χ1n) is 6.03. The van der Waals surface area contributed by atoms with Crippen molar-refractivity contribution in [2.24, 2.45) is 5.92 Å². The average molecular weight is 293 g/mol. The lowest BCUT2D eigenvalue weighted by Gasteiger charge is -2.16. The lowest BCUT2D eigenvalue weighted by molar-refractivity contribution is -0.137. The highest BCUT2D eigenvalue weighted by atomic mass is 32.2. The van der Waals surface area contributed by atoms with Gasteiger partial charge in [0, 0.05) is 32.6 Å². The molecule has 0 unspecified atom stereocenters. The number of carbonyl (C=O) groups is 2. The first-order chi connectivity index (χ1) is 8.83. The Labute approximate surface area is 112 Å². The van der Waals surface area contributed by atoms with E-state index in [0.29, 0.717) is 0 Å². The van der Waals surface area contributed by atoms with E-state index in [1.54, 1.807) is 0 Å². The van der Waals surface area contributed by atoms with Crippen LogP contribution in [0.2, 0.25) is 0 Å². The molecule has 0 aliphatic heterocycles. The second-order valence-electron chi connectivity index (χ2n) is 4.43. The third kappa shape index (κ3) is 5.99. The molecule has 1 rings (SSSR count). The number of amides is 1. The van der Waals surface area contributed by atoms with E-state index in [0.717, 1.165) is 17.1 Å². The third-order valence-corrected chi connectivity index (χ3v) is 4.28. The van der Waals surface area contributed by atoms with E-state index in [4.69, 9.17) is 5.11 Å². The van der Waals surface area contributed by atoms with Gasteiger partial charge in [-0.05, 0) is 12.8 Å². The van der Waals surface area contributed by atoms with Gasteiger partial charge in [0.1, 0.15) is 0 Å². The molecule has 0 saturated heterocycles. The zero-order valence-electron chi connectivity index (χ0n) is 10.8. The van der Waals surface area contributed by atoms with Crippen LogP contribution in [0.4, 0.5) is 0 Å². The molecule has 19 heavy (non-hydrogen) atoms. The maximum Gasteiger partial charge on any atom is 0.304 e. The number of aliphatic carboxylic acids is 1. The van der Waals surface area contributed by atoms with Crippen LogP contribution in [0.15, 0.2) is 0 Å². The molecule has 1 aliphatic carbocycles. The number of carbonyl (C=O) groups excluding carboxylic acids is 1. The van der Waals surface area contributed by atoms with Crippen LogP contribution in [0, 0.1) is 5.92 Å². The number of hydrogen-bond acceptors (Lipinski definition) is 4. The summed E-state index contributed by atoms with van der Waals surface area (Å²) in [5, 5.41) is 11.1. The van der Waals surface area contributed by atoms with Gasteiger partial charge in [0.2, 0.25) is 5.91 Å². The molecule has 0 aromatic carbocycles. The van der Waals surface area contributed by atoms with Gasteiger partial charge in [0.15, 0.2) is 0 Å². The average Bonchev–Trinajstić information content (AvgIpc) is 3.15. The summed E-state index contributed by atoms with van der Waals surface area (Å²) in [6.07, 6.45) is 1.54. The number of nitrogens with one attached hydrogen (secondary N) is 2.